The molecular weight excluding hydrogens is 172 g/mol. The number of aryl methyl sites for hydroxylation is 2. The Labute approximate surface area is 85.1 Å². The highest BCUT2D eigenvalue weighted by Crippen LogP contribution is 2.33. The van der Waals surface area contributed by atoms with Crippen molar-refractivity contribution < 1.29 is 4.74 Å². The average molecular weight is 188 g/mol. The summed E-state index contributed by atoms with van der Waals surface area (Å²) in [6.07, 6.45) is 7.41. The maximum Gasteiger partial charge on any atom is 0.0845 e. The van der Waals surface area contributed by atoms with E-state index in [1.807, 2.05) is 0 Å². The molecule has 14 heavy (non-hydrogen) atoms. The van der Waals surface area contributed by atoms with Gasteiger partial charge in [0.15, 0.2) is 0 Å². The van der Waals surface area contributed by atoms with Gasteiger partial charge in [-0.25, -0.2) is 0 Å². The second kappa shape index (κ2) is 3.39. The minimum atomic E-state index is 0.584. The van der Waals surface area contributed by atoms with E-state index in [4.69, 9.17) is 4.74 Å². The van der Waals surface area contributed by atoms with Crippen molar-refractivity contribution in [3.63, 3.8) is 0 Å². The van der Waals surface area contributed by atoms with Crippen LogP contribution in [0, 0.1) is 0 Å². The minimum Gasteiger partial charge on any atom is -0.370 e. The Balaban J connectivity index is 1.84. The molecule has 0 aromatic heterocycles. The van der Waals surface area contributed by atoms with Gasteiger partial charge in [0, 0.05) is 0 Å². The summed E-state index contributed by atoms with van der Waals surface area (Å²) < 4.78 is 5.61. The van der Waals surface area contributed by atoms with E-state index >= 15 is 0 Å². The molecule has 1 aromatic rings. The summed E-state index contributed by atoms with van der Waals surface area (Å²) in [5, 5.41) is 0. The highest BCUT2D eigenvalue weighted by molar-refractivity contribution is 5.28. The number of ether oxygens (including phenoxy) is 1. The molecule has 0 unspecified atom stereocenters. The van der Waals surface area contributed by atoms with Crippen molar-refractivity contribution in [2.75, 3.05) is 0 Å². The van der Waals surface area contributed by atoms with Crippen LogP contribution < -0.4 is 0 Å². The first kappa shape index (κ1) is 8.49. The van der Waals surface area contributed by atoms with Crippen LogP contribution in [0.25, 0.3) is 0 Å². The fourth-order valence-corrected chi connectivity index (χ4v) is 2.52. The number of benzene rings is 1. The first-order valence-corrected chi connectivity index (χ1v) is 5.66. The predicted octanol–water partition coefficient (Wildman–Crippen LogP) is 2.72. The molecule has 1 saturated heterocycles. The normalized spacial score (nSPS) is 30.6. The maximum absolute atomic E-state index is 5.61. The monoisotopic (exact) mass is 188 g/mol. The minimum absolute atomic E-state index is 0.584. The van der Waals surface area contributed by atoms with Gasteiger partial charge in [0.2, 0.25) is 0 Å². The Kier molecular flexibility index (Phi) is 2.06. The molecule has 1 aliphatic carbocycles. The standard InChI is InChI=1S/C13H16O/c1-2-5-11-8-9-13-12(14-13)7-3-6-10(11)4-1/h1-2,4-5,12-13H,3,6-9H2/t12-,13-/m0/s1. The van der Waals surface area contributed by atoms with Crippen LogP contribution in [0.1, 0.15) is 30.4 Å². The second-order valence-electron chi connectivity index (χ2n) is 4.41. The first-order valence-electron chi connectivity index (χ1n) is 5.66. The van der Waals surface area contributed by atoms with Crippen LogP contribution in [0.3, 0.4) is 0 Å². The van der Waals surface area contributed by atoms with Crippen molar-refractivity contribution in [3.8, 4) is 0 Å². The third-order valence-electron chi connectivity index (χ3n) is 3.44. The van der Waals surface area contributed by atoms with E-state index in [1.54, 1.807) is 11.1 Å². The van der Waals surface area contributed by atoms with Crippen molar-refractivity contribution in [2.45, 2.75) is 44.3 Å². The van der Waals surface area contributed by atoms with Crippen LogP contribution in [0.5, 0.6) is 0 Å². The fourth-order valence-electron chi connectivity index (χ4n) is 2.52. The van der Waals surface area contributed by atoms with Gasteiger partial charge in [-0.05, 0) is 43.2 Å². The van der Waals surface area contributed by atoms with Gasteiger partial charge in [-0.2, -0.15) is 0 Å². The van der Waals surface area contributed by atoms with Crippen molar-refractivity contribution in [1.29, 1.82) is 0 Å². The summed E-state index contributed by atoms with van der Waals surface area (Å²) in [7, 11) is 0. The fraction of sp³-hybridized carbons (Fsp3) is 0.538. The molecule has 0 spiro atoms. The van der Waals surface area contributed by atoms with Gasteiger partial charge in [0.05, 0.1) is 12.2 Å². The van der Waals surface area contributed by atoms with E-state index < -0.39 is 0 Å². The summed E-state index contributed by atoms with van der Waals surface area (Å²) in [5.74, 6) is 0. The lowest BCUT2D eigenvalue weighted by Crippen LogP contribution is -1.95. The van der Waals surface area contributed by atoms with E-state index in [9.17, 15) is 0 Å². The van der Waals surface area contributed by atoms with Crippen LogP contribution in [-0.4, -0.2) is 12.2 Å². The summed E-state index contributed by atoms with van der Waals surface area (Å²) in [4.78, 5) is 0. The van der Waals surface area contributed by atoms with Crippen molar-refractivity contribution in [2.24, 2.45) is 0 Å². The number of epoxide rings is 1. The van der Waals surface area contributed by atoms with Gasteiger partial charge >= 0.3 is 0 Å². The van der Waals surface area contributed by atoms with Gasteiger partial charge in [0.25, 0.3) is 0 Å². The molecule has 1 nitrogen and oxygen atoms in total. The molecule has 3 rings (SSSR count). The number of rotatable bonds is 0. The summed E-state index contributed by atoms with van der Waals surface area (Å²) >= 11 is 0. The number of hydrogen-bond acceptors (Lipinski definition) is 1. The van der Waals surface area contributed by atoms with E-state index in [2.05, 4.69) is 24.3 Å². The molecule has 1 heteroatoms. The zero-order chi connectivity index (χ0) is 9.38. The third-order valence-corrected chi connectivity index (χ3v) is 3.44. The largest absolute Gasteiger partial charge is 0.370 e. The predicted molar refractivity (Wildman–Crippen MR) is 56.4 cm³/mol. The smallest absolute Gasteiger partial charge is 0.0845 e. The van der Waals surface area contributed by atoms with Crippen LogP contribution in [0.4, 0.5) is 0 Å². The van der Waals surface area contributed by atoms with E-state index in [-0.39, 0.29) is 0 Å². The van der Waals surface area contributed by atoms with Crippen LogP contribution >= 0.6 is 0 Å². The molecule has 1 fully saturated rings. The Bertz CT molecular complexity index is 332. The molecule has 0 bridgehead atoms. The molecule has 74 valence electrons. The van der Waals surface area contributed by atoms with E-state index in [0.717, 1.165) is 0 Å². The lowest BCUT2D eigenvalue weighted by molar-refractivity contribution is 0.352. The van der Waals surface area contributed by atoms with Crippen LogP contribution in [-0.2, 0) is 17.6 Å². The van der Waals surface area contributed by atoms with Gasteiger partial charge in [-0.3, -0.25) is 0 Å². The number of fused-ring (bicyclic) bond motifs is 2. The SMILES string of the molecule is c1ccc2c(c1)CCC[C@@H]1O[C@H]1CC2. The molecule has 1 aromatic carbocycles. The van der Waals surface area contributed by atoms with Gasteiger partial charge in [-0.1, -0.05) is 24.3 Å². The summed E-state index contributed by atoms with van der Waals surface area (Å²) in [6, 6.07) is 8.88. The zero-order valence-electron chi connectivity index (χ0n) is 8.41. The lowest BCUT2D eigenvalue weighted by Gasteiger charge is -2.06. The molecule has 0 saturated carbocycles. The maximum atomic E-state index is 5.61. The van der Waals surface area contributed by atoms with Crippen LogP contribution in [0.15, 0.2) is 24.3 Å². The molecule has 2 atom stereocenters. The topological polar surface area (TPSA) is 12.5 Å². The number of hydrogen-bond donors (Lipinski definition) is 0. The highest BCUT2D eigenvalue weighted by atomic mass is 16.6. The van der Waals surface area contributed by atoms with Gasteiger partial charge in [-0.15, -0.1) is 0 Å². The van der Waals surface area contributed by atoms with Crippen molar-refractivity contribution in [3.05, 3.63) is 35.4 Å². The lowest BCUT2D eigenvalue weighted by atomic mass is 10.00. The van der Waals surface area contributed by atoms with Gasteiger partial charge < -0.3 is 4.74 Å². The Morgan fingerprint density at radius 1 is 0.929 bits per heavy atom. The molecule has 0 amide bonds. The quantitative estimate of drug-likeness (QED) is 0.570. The summed E-state index contributed by atoms with van der Waals surface area (Å²) in [6.45, 7) is 0. The van der Waals surface area contributed by atoms with E-state index in [0.29, 0.717) is 12.2 Å². The van der Waals surface area contributed by atoms with Gasteiger partial charge in [0.1, 0.15) is 0 Å². The third kappa shape index (κ3) is 1.57. The highest BCUT2D eigenvalue weighted by Gasteiger charge is 2.37. The Morgan fingerprint density at radius 2 is 1.64 bits per heavy atom. The molecule has 2 aliphatic rings. The molecule has 0 radical (unpaired) electrons. The zero-order valence-corrected chi connectivity index (χ0v) is 8.41. The Morgan fingerprint density at radius 3 is 2.50 bits per heavy atom. The molecule has 1 heterocycles. The molecule has 0 N–H and O–H groups in total. The van der Waals surface area contributed by atoms with Crippen LogP contribution in [0.2, 0.25) is 0 Å². The van der Waals surface area contributed by atoms with Crippen molar-refractivity contribution in [1.82, 2.24) is 0 Å². The van der Waals surface area contributed by atoms with E-state index in [1.165, 1.54) is 32.1 Å². The molecule has 1 aliphatic heterocycles. The average Bonchev–Trinajstić information content (AvgIpc) is 2.95. The summed E-state index contributed by atoms with van der Waals surface area (Å²) in [5.41, 5.74) is 3.11. The first-order chi connectivity index (χ1) is 6.93. The molecular formula is C13H16O. The second-order valence-corrected chi connectivity index (χ2v) is 4.41. The Hall–Kier alpha value is -0.820. The van der Waals surface area contributed by atoms with Crippen molar-refractivity contribution >= 4 is 0 Å².